The van der Waals surface area contributed by atoms with Crippen molar-refractivity contribution in [2.75, 3.05) is 0 Å². The first-order chi connectivity index (χ1) is 8.99. The van der Waals surface area contributed by atoms with E-state index >= 15 is 0 Å². The minimum absolute atomic E-state index is 0.275. The van der Waals surface area contributed by atoms with Gasteiger partial charge < -0.3 is 5.32 Å². The van der Waals surface area contributed by atoms with Gasteiger partial charge in [-0.05, 0) is 40.5 Å². The molecule has 0 radical (unpaired) electrons. The first-order valence-electron chi connectivity index (χ1n) is 6.08. The molecule has 0 aliphatic heterocycles. The van der Waals surface area contributed by atoms with Crippen LogP contribution in [0.3, 0.4) is 0 Å². The molecule has 0 spiro atoms. The van der Waals surface area contributed by atoms with Crippen LogP contribution in [0.5, 0.6) is 0 Å². The molecule has 0 fully saturated rings. The fourth-order valence-electron chi connectivity index (χ4n) is 1.75. The monoisotopic (exact) mass is 326 g/mol. The number of aromatic nitrogens is 3. The summed E-state index contributed by atoms with van der Waals surface area (Å²) in [4.78, 5) is 0. The van der Waals surface area contributed by atoms with Crippen LogP contribution >= 0.6 is 15.9 Å². The first kappa shape index (κ1) is 14.1. The summed E-state index contributed by atoms with van der Waals surface area (Å²) in [5.41, 5.74) is 2.58. The van der Waals surface area contributed by atoms with Gasteiger partial charge in [0.05, 0.1) is 22.1 Å². The van der Waals surface area contributed by atoms with Crippen molar-refractivity contribution in [3.63, 3.8) is 0 Å². The topological polar surface area (TPSA) is 42.7 Å². The molecule has 19 heavy (non-hydrogen) atoms. The molecule has 0 amide bonds. The van der Waals surface area contributed by atoms with E-state index in [0.29, 0.717) is 17.1 Å². The van der Waals surface area contributed by atoms with E-state index in [0.717, 1.165) is 16.9 Å². The zero-order valence-corrected chi connectivity index (χ0v) is 12.7. The highest BCUT2D eigenvalue weighted by Crippen LogP contribution is 2.23. The zero-order valence-electron chi connectivity index (χ0n) is 11.1. The van der Waals surface area contributed by atoms with Crippen molar-refractivity contribution in [1.29, 1.82) is 0 Å². The summed E-state index contributed by atoms with van der Waals surface area (Å²) in [5, 5.41) is 11.3. The normalized spacial score (nSPS) is 11.3. The van der Waals surface area contributed by atoms with Crippen LogP contribution in [0.2, 0.25) is 0 Å². The van der Waals surface area contributed by atoms with Gasteiger partial charge in [0.15, 0.2) is 0 Å². The van der Waals surface area contributed by atoms with Gasteiger partial charge in [0, 0.05) is 12.6 Å². The smallest absolute Gasteiger partial charge is 0.137 e. The molecule has 0 saturated heterocycles. The molecule has 0 unspecified atom stereocenters. The number of hydrogen-bond donors (Lipinski definition) is 1. The Labute approximate surface area is 120 Å². The Hall–Kier alpha value is -1.27. The van der Waals surface area contributed by atoms with E-state index in [1.165, 1.54) is 6.07 Å². The van der Waals surface area contributed by atoms with Crippen molar-refractivity contribution in [3.05, 3.63) is 39.9 Å². The van der Waals surface area contributed by atoms with Gasteiger partial charge in [0.25, 0.3) is 0 Å². The Bertz CT molecular complexity index is 580. The number of benzene rings is 1. The van der Waals surface area contributed by atoms with Crippen LogP contribution in [-0.4, -0.2) is 21.0 Å². The molecule has 0 aliphatic rings. The molecule has 2 aromatic rings. The van der Waals surface area contributed by atoms with Crippen molar-refractivity contribution >= 4 is 15.9 Å². The largest absolute Gasteiger partial charge is 0.309 e. The maximum Gasteiger partial charge on any atom is 0.137 e. The molecule has 1 N–H and O–H groups in total. The van der Waals surface area contributed by atoms with Crippen molar-refractivity contribution in [3.8, 4) is 5.69 Å². The minimum Gasteiger partial charge on any atom is -0.309 e. The number of aryl methyl sites for hydroxylation is 1. The average Bonchev–Trinajstić information content (AvgIpc) is 2.79. The molecular formula is C13H16BrFN4. The van der Waals surface area contributed by atoms with E-state index in [1.54, 1.807) is 16.9 Å². The summed E-state index contributed by atoms with van der Waals surface area (Å²) in [6.45, 7) is 6.67. The lowest BCUT2D eigenvalue weighted by Crippen LogP contribution is -2.23. The van der Waals surface area contributed by atoms with Crippen LogP contribution in [0, 0.1) is 12.7 Å². The van der Waals surface area contributed by atoms with Crippen LogP contribution in [-0.2, 0) is 6.54 Å². The standard InChI is InChI=1S/C13H16BrFN4/c1-8(2)16-6-10-7-17-18-19(10)13-5-11(14)12(15)4-9(13)3/h4-5,7-8,16H,6H2,1-3H3. The number of rotatable bonds is 4. The summed E-state index contributed by atoms with van der Waals surface area (Å²) < 4.78 is 15.6. The second-order valence-electron chi connectivity index (χ2n) is 4.73. The summed E-state index contributed by atoms with van der Waals surface area (Å²) in [6, 6.07) is 3.59. The van der Waals surface area contributed by atoms with Crippen LogP contribution in [0.1, 0.15) is 25.1 Å². The number of nitrogens with one attached hydrogen (secondary N) is 1. The molecule has 1 aromatic heterocycles. The van der Waals surface area contributed by atoms with Gasteiger partial charge in [-0.2, -0.15) is 0 Å². The fraction of sp³-hybridized carbons (Fsp3) is 0.385. The molecule has 0 aliphatic carbocycles. The van der Waals surface area contributed by atoms with E-state index < -0.39 is 0 Å². The maximum atomic E-state index is 13.5. The molecule has 2 rings (SSSR count). The molecular weight excluding hydrogens is 311 g/mol. The summed E-state index contributed by atoms with van der Waals surface area (Å²) >= 11 is 3.20. The molecule has 0 saturated carbocycles. The zero-order chi connectivity index (χ0) is 14.0. The second kappa shape index (κ2) is 5.79. The van der Waals surface area contributed by atoms with Crippen molar-refractivity contribution in [1.82, 2.24) is 20.3 Å². The lowest BCUT2D eigenvalue weighted by molar-refractivity contribution is 0.569. The minimum atomic E-state index is -0.275. The highest BCUT2D eigenvalue weighted by atomic mass is 79.9. The summed E-state index contributed by atoms with van der Waals surface area (Å²) in [7, 11) is 0. The maximum absolute atomic E-state index is 13.5. The van der Waals surface area contributed by atoms with E-state index in [9.17, 15) is 4.39 Å². The van der Waals surface area contributed by atoms with Crippen molar-refractivity contribution in [2.45, 2.75) is 33.4 Å². The number of halogens is 2. The Morgan fingerprint density at radius 2 is 2.16 bits per heavy atom. The van der Waals surface area contributed by atoms with Gasteiger partial charge in [-0.1, -0.05) is 19.1 Å². The summed E-state index contributed by atoms with van der Waals surface area (Å²) in [6.07, 6.45) is 1.71. The lowest BCUT2D eigenvalue weighted by Gasteiger charge is -2.12. The predicted molar refractivity (Wildman–Crippen MR) is 75.7 cm³/mol. The van der Waals surface area contributed by atoms with Gasteiger partial charge in [0.2, 0.25) is 0 Å². The van der Waals surface area contributed by atoms with Crippen LogP contribution in [0.25, 0.3) is 5.69 Å². The van der Waals surface area contributed by atoms with E-state index in [-0.39, 0.29) is 5.82 Å². The fourth-order valence-corrected chi connectivity index (χ4v) is 2.08. The Morgan fingerprint density at radius 1 is 1.42 bits per heavy atom. The highest BCUT2D eigenvalue weighted by molar-refractivity contribution is 9.10. The van der Waals surface area contributed by atoms with Gasteiger partial charge in [-0.25, -0.2) is 9.07 Å². The molecule has 0 bridgehead atoms. The molecule has 1 heterocycles. The Balaban J connectivity index is 2.37. The molecule has 4 nitrogen and oxygen atoms in total. The Kier molecular flexibility index (Phi) is 4.31. The van der Waals surface area contributed by atoms with Crippen molar-refractivity contribution in [2.24, 2.45) is 0 Å². The lowest BCUT2D eigenvalue weighted by atomic mass is 10.2. The van der Waals surface area contributed by atoms with Crippen LogP contribution < -0.4 is 5.32 Å². The summed E-state index contributed by atoms with van der Waals surface area (Å²) in [5.74, 6) is -0.275. The molecule has 102 valence electrons. The van der Waals surface area contributed by atoms with Gasteiger partial charge in [-0.3, -0.25) is 0 Å². The third-order valence-corrected chi connectivity index (χ3v) is 3.39. The van der Waals surface area contributed by atoms with Gasteiger partial charge >= 0.3 is 0 Å². The third kappa shape index (κ3) is 3.19. The molecule has 0 atom stereocenters. The highest BCUT2D eigenvalue weighted by Gasteiger charge is 2.12. The van der Waals surface area contributed by atoms with Gasteiger partial charge in [-0.15, -0.1) is 5.10 Å². The predicted octanol–water partition coefficient (Wildman–Crippen LogP) is 2.98. The van der Waals surface area contributed by atoms with E-state index in [2.05, 4.69) is 45.4 Å². The number of hydrogen-bond acceptors (Lipinski definition) is 3. The van der Waals surface area contributed by atoms with Gasteiger partial charge in [0.1, 0.15) is 5.82 Å². The quantitative estimate of drug-likeness (QED) is 0.939. The van der Waals surface area contributed by atoms with Crippen LogP contribution in [0.15, 0.2) is 22.8 Å². The average molecular weight is 327 g/mol. The second-order valence-corrected chi connectivity index (χ2v) is 5.58. The van der Waals surface area contributed by atoms with Crippen LogP contribution in [0.4, 0.5) is 4.39 Å². The van der Waals surface area contributed by atoms with Crippen molar-refractivity contribution < 1.29 is 4.39 Å². The number of nitrogens with zero attached hydrogens (tertiary/aromatic N) is 3. The third-order valence-electron chi connectivity index (χ3n) is 2.78. The van der Waals surface area contributed by atoms with E-state index in [1.807, 2.05) is 6.92 Å². The molecule has 6 heteroatoms. The SMILES string of the molecule is Cc1cc(F)c(Br)cc1-n1nncc1CNC(C)C. The molecule has 1 aromatic carbocycles. The first-order valence-corrected chi connectivity index (χ1v) is 6.87. The Morgan fingerprint density at radius 3 is 2.84 bits per heavy atom. The van der Waals surface area contributed by atoms with E-state index in [4.69, 9.17) is 0 Å².